The molecule has 114 valence electrons. The molecule has 1 heterocycles. The maximum Gasteiger partial charge on any atom is 0.316 e. The van der Waals surface area contributed by atoms with E-state index in [1.54, 1.807) is 18.9 Å². The van der Waals surface area contributed by atoms with Crippen LogP contribution in [0.1, 0.15) is 33.6 Å². The van der Waals surface area contributed by atoms with Crippen LogP contribution in [0.5, 0.6) is 0 Å². The minimum atomic E-state index is -0.392. The van der Waals surface area contributed by atoms with Crippen molar-refractivity contribution in [3.63, 3.8) is 0 Å². The minimum Gasteiger partial charge on any atom is -0.407 e. The molecule has 1 amide bonds. The summed E-state index contributed by atoms with van der Waals surface area (Å²) in [4.78, 5) is 13.5. The zero-order valence-corrected chi connectivity index (χ0v) is 12.9. The van der Waals surface area contributed by atoms with Crippen molar-refractivity contribution < 1.29 is 9.21 Å². The second-order valence-electron chi connectivity index (χ2n) is 5.24. The summed E-state index contributed by atoms with van der Waals surface area (Å²) in [5, 5.41) is 13.9. The smallest absolute Gasteiger partial charge is 0.316 e. The van der Waals surface area contributed by atoms with Crippen molar-refractivity contribution >= 4 is 11.9 Å². The molecule has 0 aliphatic carbocycles. The average Bonchev–Trinajstić information content (AvgIpc) is 2.84. The van der Waals surface area contributed by atoms with Crippen LogP contribution in [0.4, 0.5) is 6.01 Å². The fourth-order valence-corrected chi connectivity index (χ4v) is 1.58. The zero-order valence-electron chi connectivity index (χ0n) is 12.9. The lowest BCUT2D eigenvalue weighted by Crippen LogP contribution is -2.38. The zero-order chi connectivity index (χ0) is 15.1. The van der Waals surface area contributed by atoms with Gasteiger partial charge in [-0.1, -0.05) is 18.9 Å². The number of likely N-dealkylation sites (N-methyl/N-ethyl adjacent to an activating group) is 1. The van der Waals surface area contributed by atoms with E-state index in [1.807, 2.05) is 6.92 Å². The topological polar surface area (TPSA) is 83.3 Å². The highest BCUT2D eigenvalue weighted by atomic mass is 16.4. The second-order valence-corrected chi connectivity index (χ2v) is 5.24. The highest BCUT2D eigenvalue weighted by molar-refractivity contribution is 5.83. The first-order valence-electron chi connectivity index (χ1n) is 6.98. The Hall–Kier alpha value is -1.63. The molecule has 0 saturated heterocycles. The summed E-state index contributed by atoms with van der Waals surface area (Å²) in [6, 6.07) is -0.117. The van der Waals surface area contributed by atoms with Gasteiger partial charge in [-0.05, 0) is 26.3 Å². The molecule has 7 heteroatoms. The third-order valence-corrected chi connectivity index (χ3v) is 2.86. The molecule has 0 aliphatic heterocycles. The Kier molecular flexibility index (Phi) is 6.44. The molecule has 7 nitrogen and oxygen atoms in total. The SMILES string of the molecule is CCN(C)C(=O)C(C)Nc1nnc(CNCC(C)C)o1. The van der Waals surface area contributed by atoms with E-state index in [0.29, 0.717) is 24.9 Å². The molecule has 1 aromatic rings. The minimum absolute atomic E-state index is 0.00909. The van der Waals surface area contributed by atoms with Crippen LogP contribution in [0.15, 0.2) is 4.42 Å². The van der Waals surface area contributed by atoms with Gasteiger partial charge in [0.15, 0.2) is 0 Å². The van der Waals surface area contributed by atoms with Gasteiger partial charge in [0.1, 0.15) is 6.04 Å². The summed E-state index contributed by atoms with van der Waals surface area (Å²) in [6.45, 7) is 10.0. The van der Waals surface area contributed by atoms with Crippen molar-refractivity contribution in [2.24, 2.45) is 5.92 Å². The van der Waals surface area contributed by atoms with Crippen LogP contribution in [0.25, 0.3) is 0 Å². The first-order chi connectivity index (χ1) is 9.43. The fourth-order valence-electron chi connectivity index (χ4n) is 1.58. The van der Waals surface area contributed by atoms with E-state index < -0.39 is 6.04 Å². The lowest BCUT2D eigenvalue weighted by Gasteiger charge is -2.19. The summed E-state index contributed by atoms with van der Waals surface area (Å²) >= 11 is 0. The fraction of sp³-hybridized carbons (Fsp3) is 0.769. The molecule has 1 rings (SSSR count). The summed E-state index contributed by atoms with van der Waals surface area (Å²) in [7, 11) is 1.76. The highest BCUT2D eigenvalue weighted by Crippen LogP contribution is 2.08. The van der Waals surface area contributed by atoms with E-state index in [-0.39, 0.29) is 11.9 Å². The van der Waals surface area contributed by atoms with Crippen molar-refractivity contribution in [3.05, 3.63) is 5.89 Å². The summed E-state index contributed by atoms with van der Waals surface area (Å²) < 4.78 is 5.43. The number of nitrogens with one attached hydrogen (secondary N) is 2. The third-order valence-electron chi connectivity index (χ3n) is 2.86. The van der Waals surface area contributed by atoms with E-state index in [0.717, 1.165) is 6.54 Å². The molecule has 2 N–H and O–H groups in total. The standard InChI is InChI=1S/C13H25N5O2/c1-6-18(5)12(19)10(4)15-13-17-16-11(20-13)8-14-7-9(2)3/h9-10,14H,6-8H2,1-5H3,(H,15,17). The molecular weight excluding hydrogens is 258 g/mol. The highest BCUT2D eigenvalue weighted by Gasteiger charge is 2.18. The molecule has 0 radical (unpaired) electrons. The van der Waals surface area contributed by atoms with Gasteiger partial charge in [-0.3, -0.25) is 4.79 Å². The maximum absolute atomic E-state index is 11.9. The van der Waals surface area contributed by atoms with Gasteiger partial charge in [0.05, 0.1) is 6.54 Å². The van der Waals surface area contributed by atoms with Gasteiger partial charge in [-0.15, -0.1) is 5.10 Å². The Morgan fingerprint density at radius 1 is 1.35 bits per heavy atom. The number of rotatable bonds is 8. The van der Waals surface area contributed by atoms with Crippen LogP contribution >= 0.6 is 0 Å². The molecule has 0 aliphatic rings. The molecular formula is C13H25N5O2. The van der Waals surface area contributed by atoms with Crippen LogP contribution in [0, 0.1) is 5.92 Å². The van der Waals surface area contributed by atoms with E-state index in [1.165, 1.54) is 0 Å². The Labute approximate surface area is 120 Å². The Bertz CT molecular complexity index is 419. The van der Waals surface area contributed by atoms with Gasteiger partial charge in [0.25, 0.3) is 0 Å². The number of nitrogens with zero attached hydrogens (tertiary/aromatic N) is 3. The largest absolute Gasteiger partial charge is 0.407 e. The number of anilines is 1. The average molecular weight is 283 g/mol. The molecule has 20 heavy (non-hydrogen) atoms. The van der Waals surface area contributed by atoms with Crippen LogP contribution in [-0.2, 0) is 11.3 Å². The first-order valence-corrected chi connectivity index (χ1v) is 6.98. The van der Waals surface area contributed by atoms with E-state index in [2.05, 4.69) is 34.7 Å². The van der Waals surface area contributed by atoms with Gasteiger partial charge in [0, 0.05) is 13.6 Å². The number of carbonyl (C=O) groups excluding carboxylic acids is 1. The Balaban J connectivity index is 2.45. The van der Waals surface area contributed by atoms with Crippen LogP contribution in [-0.4, -0.2) is 47.2 Å². The number of hydrogen-bond donors (Lipinski definition) is 2. The molecule has 0 spiro atoms. The number of hydrogen-bond acceptors (Lipinski definition) is 6. The molecule has 0 saturated carbocycles. The third kappa shape index (κ3) is 5.16. The molecule has 1 atom stereocenters. The number of carbonyl (C=O) groups is 1. The molecule has 1 unspecified atom stereocenters. The lowest BCUT2D eigenvalue weighted by molar-refractivity contribution is -0.130. The van der Waals surface area contributed by atoms with Crippen molar-refractivity contribution in [1.82, 2.24) is 20.4 Å². The molecule has 0 aromatic carbocycles. The number of amides is 1. The summed E-state index contributed by atoms with van der Waals surface area (Å²) in [5.74, 6) is 1.07. The molecule has 1 aromatic heterocycles. The van der Waals surface area contributed by atoms with Gasteiger partial charge in [-0.25, -0.2) is 0 Å². The maximum atomic E-state index is 11.9. The van der Waals surface area contributed by atoms with Crippen LogP contribution in [0.3, 0.4) is 0 Å². The second kappa shape index (κ2) is 7.84. The van der Waals surface area contributed by atoms with Gasteiger partial charge in [0.2, 0.25) is 11.8 Å². The number of aromatic nitrogens is 2. The summed E-state index contributed by atoms with van der Waals surface area (Å²) in [6.07, 6.45) is 0. The Morgan fingerprint density at radius 3 is 2.65 bits per heavy atom. The van der Waals surface area contributed by atoms with Gasteiger partial charge >= 0.3 is 6.01 Å². The van der Waals surface area contributed by atoms with Crippen molar-refractivity contribution in [2.75, 3.05) is 25.5 Å². The van der Waals surface area contributed by atoms with Gasteiger partial charge < -0.3 is 20.0 Å². The van der Waals surface area contributed by atoms with Crippen molar-refractivity contribution in [1.29, 1.82) is 0 Å². The Morgan fingerprint density at radius 2 is 2.05 bits per heavy atom. The van der Waals surface area contributed by atoms with Crippen LogP contribution in [0.2, 0.25) is 0 Å². The monoisotopic (exact) mass is 283 g/mol. The predicted molar refractivity (Wildman–Crippen MR) is 77.2 cm³/mol. The van der Waals surface area contributed by atoms with E-state index in [4.69, 9.17) is 4.42 Å². The van der Waals surface area contributed by atoms with E-state index >= 15 is 0 Å². The molecule has 0 bridgehead atoms. The first kappa shape index (κ1) is 16.4. The lowest BCUT2D eigenvalue weighted by atomic mass is 10.2. The van der Waals surface area contributed by atoms with Crippen LogP contribution < -0.4 is 10.6 Å². The normalized spacial score (nSPS) is 12.5. The molecule has 0 fully saturated rings. The van der Waals surface area contributed by atoms with Crippen molar-refractivity contribution in [3.8, 4) is 0 Å². The summed E-state index contributed by atoms with van der Waals surface area (Å²) in [5.41, 5.74) is 0. The van der Waals surface area contributed by atoms with Crippen molar-refractivity contribution in [2.45, 2.75) is 40.3 Å². The predicted octanol–water partition coefficient (Wildman–Crippen LogP) is 1.09. The quantitative estimate of drug-likeness (QED) is 0.743. The van der Waals surface area contributed by atoms with Gasteiger partial charge in [-0.2, -0.15) is 0 Å². The van der Waals surface area contributed by atoms with E-state index in [9.17, 15) is 4.79 Å².